The number of hydrogen-bond donors (Lipinski definition) is 0. The van der Waals surface area contributed by atoms with E-state index in [-0.39, 0.29) is 0 Å². The lowest BCUT2D eigenvalue weighted by molar-refractivity contribution is 0.0984. The Morgan fingerprint density at radius 1 is 1.29 bits per heavy atom. The van der Waals surface area contributed by atoms with Crippen LogP contribution in [0.1, 0.15) is 12.5 Å². The average molecular weight is 301 g/mol. The van der Waals surface area contributed by atoms with E-state index in [0.29, 0.717) is 6.04 Å². The number of ether oxygens (including phenoxy) is 1. The molecule has 1 unspecified atom stereocenters. The second-order valence-electron chi connectivity index (χ2n) is 5.11. The Bertz CT molecular complexity index is 579. The van der Waals surface area contributed by atoms with Crippen LogP contribution in [0.15, 0.2) is 47.8 Å². The molecule has 0 radical (unpaired) electrons. The van der Waals surface area contributed by atoms with E-state index >= 15 is 0 Å². The van der Waals surface area contributed by atoms with Gasteiger partial charge in [-0.1, -0.05) is 30.3 Å². The van der Waals surface area contributed by atoms with Crippen molar-refractivity contribution in [3.8, 4) is 0 Å². The summed E-state index contributed by atoms with van der Waals surface area (Å²) in [4.78, 5) is 11.3. The minimum atomic E-state index is 0.349. The van der Waals surface area contributed by atoms with Crippen molar-refractivity contribution in [1.82, 2.24) is 9.97 Å². The molecule has 0 amide bonds. The maximum absolute atomic E-state index is 5.47. The number of anilines is 1. The molecule has 0 N–H and O–H groups in total. The molecule has 3 rings (SSSR count). The normalized spacial score (nSPS) is 18.7. The van der Waals surface area contributed by atoms with Crippen LogP contribution in [-0.2, 0) is 10.5 Å². The highest BCUT2D eigenvalue weighted by Crippen LogP contribution is 2.23. The second-order valence-corrected chi connectivity index (χ2v) is 6.10. The molecule has 5 heteroatoms. The third-order valence-electron chi connectivity index (χ3n) is 3.49. The molecule has 0 saturated carbocycles. The van der Waals surface area contributed by atoms with E-state index in [1.165, 1.54) is 5.56 Å². The number of hydrogen-bond acceptors (Lipinski definition) is 5. The molecule has 1 saturated heterocycles. The van der Waals surface area contributed by atoms with Crippen molar-refractivity contribution in [3.05, 3.63) is 48.3 Å². The van der Waals surface area contributed by atoms with Crippen molar-refractivity contribution >= 4 is 17.6 Å². The number of morpholine rings is 1. The van der Waals surface area contributed by atoms with Crippen LogP contribution in [0.3, 0.4) is 0 Å². The predicted octanol–water partition coefficient (Wildman–Crippen LogP) is 2.99. The summed E-state index contributed by atoms with van der Waals surface area (Å²) >= 11 is 1.72. The van der Waals surface area contributed by atoms with Gasteiger partial charge in [-0.2, -0.15) is 0 Å². The molecule has 1 atom stereocenters. The highest BCUT2D eigenvalue weighted by Gasteiger charge is 2.20. The van der Waals surface area contributed by atoms with Crippen molar-refractivity contribution in [2.24, 2.45) is 0 Å². The van der Waals surface area contributed by atoms with E-state index in [1.807, 2.05) is 18.5 Å². The lowest BCUT2D eigenvalue weighted by Crippen LogP contribution is -2.44. The fourth-order valence-corrected chi connectivity index (χ4v) is 3.15. The van der Waals surface area contributed by atoms with E-state index in [4.69, 9.17) is 9.72 Å². The number of aromatic nitrogens is 2. The third kappa shape index (κ3) is 3.74. The minimum absolute atomic E-state index is 0.349. The Morgan fingerprint density at radius 2 is 2.14 bits per heavy atom. The molecular weight excluding hydrogens is 282 g/mol. The molecule has 2 heterocycles. The van der Waals surface area contributed by atoms with Crippen LogP contribution in [0.25, 0.3) is 0 Å². The van der Waals surface area contributed by atoms with Crippen molar-refractivity contribution in [3.63, 3.8) is 0 Å². The van der Waals surface area contributed by atoms with E-state index in [1.54, 1.807) is 11.8 Å². The summed E-state index contributed by atoms with van der Waals surface area (Å²) in [6.07, 6.45) is 3.68. The quantitative estimate of drug-likeness (QED) is 0.812. The molecule has 0 bridgehead atoms. The summed E-state index contributed by atoms with van der Waals surface area (Å²) in [5.74, 6) is 1.86. The van der Waals surface area contributed by atoms with Crippen LogP contribution in [0.4, 0.5) is 5.82 Å². The number of rotatable bonds is 4. The van der Waals surface area contributed by atoms with Gasteiger partial charge < -0.3 is 9.64 Å². The van der Waals surface area contributed by atoms with E-state index in [2.05, 4.69) is 41.1 Å². The predicted molar refractivity (Wildman–Crippen MR) is 85.7 cm³/mol. The van der Waals surface area contributed by atoms with Crippen molar-refractivity contribution < 1.29 is 4.74 Å². The van der Waals surface area contributed by atoms with Crippen LogP contribution in [-0.4, -0.2) is 35.8 Å². The summed E-state index contributed by atoms with van der Waals surface area (Å²) in [6, 6.07) is 10.8. The molecule has 1 aliphatic heterocycles. The van der Waals surface area contributed by atoms with Gasteiger partial charge in [0.25, 0.3) is 0 Å². The molecule has 1 aliphatic rings. The van der Waals surface area contributed by atoms with Crippen LogP contribution in [0.2, 0.25) is 0 Å². The van der Waals surface area contributed by atoms with Gasteiger partial charge in [0.05, 0.1) is 31.6 Å². The SMILES string of the molecule is CC1COCCN1c1cncc(SCc2ccccc2)n1. The van der Waals surface area contributed by atoms with Gasteiger partial charge in [-0.3, -0.25) is 4.98 Å². The van der Waals surface area contributed by atoms with Crippen LogP contribution in [0.5, 0.6) is 0 Å². The molecule has 110 valence electrons. The highest BCUT2D eigenvalue weighted by molar-refractivity contribution is 7.98. The second kappa shape index (κ2) is 6.91. The molecule has 21 heavy (non-hydrogen) atoms. The third-order valence-corrected chi connectivity index (χ3v) is 4.46. The van der Waals surface area contributed by atoms with Gasteiger partial charge in [0.15, 0.2) is 0 Å². The van der Waals surface area contributed by atoms with Gasteiger partial charge in [-0.05, 0) is 12.5 Å². The summed E-state index contributed by atoms with van der Waals surface area (Å²) in [5, 5.41) is 0.968. The van der Waals surface area contributed by atoms with Gasteiger partial charge >= 0.3 is 0 Å². The first-order chi connectivity index (χ1) is 10.3. The minimum Gasteiger partial charge on any atom is -0.377 e. The van der Waals surface area contributed by atoms with E-state index in [9.17, 15) is 0 Å². The summed E-state index contributed by atoms with van der Waals surface area (Å²) in [6.45, 7) is 4.55. The monoisotopic (exact) mass is 301 g/mol. The van der Waals surface area contributed by atoms with Crippen LogP contribution >= 0.6 is 11.8 Å². The van der Waals surface area contributed by atoms with Gasteiger partial charge in [0.1, 0.15) is 10.8 Å². The first-order valence-electron chi connectivity index (χ1n) is 7.16. The molecule has 1 fully saturated rings. The molecule has 1 aromatic heterocycles. The van der Waals surface area contributed by atoms with Crippen molar-refractivity contribution in [2.75, 3.05) is 24.7 Å². The maximum Gasteiger partial charge on any atom is 0.148 e. The summed E-state index contributed by atoms with van der Waals surface area (Å²) in [5.41, 5.74) is 1.30. The van der Waals surface area contributed by atoms with Gasteiger partial charge in [-0.25, -0.2) is 4.98 Å². The standard InChI is InChI=1S/C16H19N3OS/c1-13-11-20-8-7-19(13)15-9-17-10-16(18-15)21-12-14-5-3-2-4-6-14/h2-6,9-10,13H,7-8,11-12H2,1H3. The molecule has 4 nitrogen and oxygen atoms in total. The zero-order chi connectivity index (χ0) is 14.5. The van der Waals surface area contributed by atoms with Gasteiger partial charge in [0.2, 0.25) is 0 Å². The van der Waals surface area contributed by atoms with Crippen molar-refractivity contribution in [2.45, 2.75) is 23.7 Å². The Kier molecular flexibility index (Phi) is 4.72. The Morgan fingerprint density at radius 3 is 2.95 bits per heavy atom. The number of nitrogens with zero attached hydrogens (tertiary/aromatic N) is 3. The first-order valence-corrected chi connectivity index (χ1v) is 8.14. The van der Waals surface area contributed by atoms with Gasteiger partial charge in [-0.15, -0.1) is 11.8 Å². The fourth-order valence-electron chi connectivity index (χ4n) is 2.35. The zero-order valence-electron chi connectivity index (χ0n) is 12.1. The maximum atomic E-state index is 5.47. The summed E-state index contributed by atoms with van der Waals surface area (Å²) < 4.78 is 5.47. The zero-order valence-corrected chi connectivity index (χ0v) is 12.9. The topological polar surface area (TPSA) is 38.2 Å². The molecule has 1 aromatic carbocycles. The lowest BCUT2D eigenvalue weighted by atomic mass is 10.2. The summed E-state index contributed by atoms with van der Waals surface area (Å²) in [7, 11) is 0. The molecule has 0 aliphatic carbocycles. The van der Waals surface area contributed by atoms with E-state index in [0.717, 1.165) is 36.4 Å². The number of thioether (sulfide) groups is 1. The largest absolute Gasteiger partial charge is 0.377 e. The molecule has 2 aromatic rings. The van der Waals surface area contributed by atoms with Crippen LogP contribution < -0.4 is 4.90 Å². The smallest absolute Gasteiger partial charge is 0.148 e. The van der Waals surface area contributed by atoms with Gasteiger partial charge in [0, 0.05) is 12.3 Å². The average Bonchev–Trinajstić information content (AvgIpc) is 2.55. The highest BCUT2D eigenvalue weighted by atomic mass is 32.2. The number of benzene rings is 1. The lowest BCUT2D eigenvalue weighted by Gasteiger charge is -2.34. The Labute approximate surface area is 129 Å². The fraction of sp³-hybridized carbons (Fsp3) is 0.375. The Balaban J connectivity index is 1.68. The van der Waals surface area contributed by atoms with E-state index < -0.39 is 0 Å². The van der Waals surface area contributed by atoms with Crippen LogP contribution in [0, 0.1) is 0 Å². The Hall–Kier alpha value is -1.59. The first kappa shape index (κ1) is 14.4. The van der Waals surface area contributed by atoms with Crippen molar-refractivity contribution in [1.29, 1.82) is 0 Å². The molecular formula is C16H19N3OS. The molecule has 0 spiro atoms.